The molecule has 0 heterocycles. The third-order valence-electron chi connectivity index (χ3n) is 2.91. The Bertz CT molecular complexity index is 776. The van der Waals surface area contributed by atoms with E-state index in [0.29, 0.717) is 11.4 Å². The minimum atomic E-state index is -3.75. The molecule has 21 heavy (non-hydrogen) atoms. The van der Waals surface area contributed by atoms with E-state index in [1.807, 2.05) is 13.0 Å². The van der Waals surface area contributed by atoms with Gasteiger partial charge in [0, 0.05) is 16.2 Å². The summed E-state index contributed by atoms with van der Waals surface area (Å²) in [4.78, 5) is 0.0431. The van der Waals surface area contributed by atoms with Gasteiger partial charge in [-0.25, -0.2) is 8.42 Å². The Hall–Kier alpha value is -1.73. The number of hydrogen-bond donors (Lipinski definition) is 2. The van der Waals surface area contributed by atoms with Crippen molar-refractivity contribution in [2.75, 3.05) is 17.6 Å². The first-order valence-corrected chi connectivity index (χ1v) is 8.33. The zero-order valence-electron chi connectivity index (χ0n) is 11.6. The molecule has 0 saturated heterocycles. The molecular formula is C14H15BrN2O3S. The third-order valence-corrected chi connectivity index (χ3v) is 4.81. The first-order valence-electron chi connectivity index (χ1n) is 6.06. The Kier molecular flexibility index (Phi) is 4.43. The largest absolute Gasteiger partial charge is 0.495 e. The zero-order chi connectivity index (χ0) is 15.6. The second kappa shape index (κ2) is 5.95. The number of methoxy groups -OCH3 is 1. The number of rotatable bonds is 4. The van der Waals surface area contributed by atoms with Crippen molar-refractivity contribution in [3.8, 4) is 5.75 Å². The van der Waals surface area contributed by atoms with Crippen LogP contribution in [0.5, 0.6) is 5.75 Å². The van der Waals surface area contributed by atoms with Crippen molar-refractivity contribution in [1.82, 2.24) is 0 Å². The number of nitrogen functional groups attached to an aromatic ring is 1. The van der Waals surface area contributed by atoms with Gasteiger partial charge in [-0.1, -0.05) is 15.9 Å². The van der Waals surface area contributed by atoms with Crippen molar-refractivity contribution in [2.24, 2.45) is 0 Å². The highest BCUT2D eigenvalue weighted by atomic mass is 79.9. The average Bonchev–Trinajstić information content (AvgIpc) is 2.41. The molecule has 7 heteroatoms. The van der Waals surface area contributed by atoms with Crippen molar-refractivity contribution in [3.05, 3.63) is 46.4 Å². The maximum absolute atomic E-state index is 12.5. The molecule has 0 saturated carbocycles. The molecule has 0 aromatic heterocycles. The van der Waals surface area contributed by atoms with E-state index in [1.54, 1.807) is 12.1 Å². The van der Waals surface area contributed by atoms with E-state index in [4.69, 9.17) is 10.5 Å². The van der Waals surface area contributed by atoms with Crippen LogP contribution in [0.1, 0.15) is 5.56 Å². The first-order chi connectivity index (χ1) is 9.83. The summed E-state index contributed by atoms with van der Waals surface area (Å²) < 4.78 is 33.5. The molecule has 0 spiro atoms. The van der Waals surface area contributed by atoms with Gasteiger partial charge in [-0.05, 0) is 42.8 Å². The quantitative estimate of drug-likeness (QED) is 0.809. The minimum Gasteiger partial charge on any atom is -0.495 e. The van der Waals surface area contributed by atoms with Crippen LogP contribution < -0.4 is 15.2 Å². The SMILES string of the molecule is COc1cc(N)ccc1S(=O)(=O)Nc1ccc(Br)cc1C. The highest BCUT2D eigenvalue weighted by Crippen LogP contribution is 2.29. The van der Waals surface area contributed by atoms with Crippen LogP contribution in [-0.4, -0.2) is 15.5 Å². The number of sulfonamides is 1. The molecule has 0 atom stereocenters. The lowest BCUT2D eigenvalue weighted by molar-refractivity contribution is 0.403. The van der Waals surface area contributed by atoms with Gasteiger partial charge in [-0.3, -0.25) is 4.72 Å². The molecule has 0 amide bonds. The van der Waals surface area contributed by atoms with Crippen molar-refractivity contribution in [1.29, 1.82) is 0 Å². The molecule has 5 nitrogen and oxygen atoms in total. The first kappa shape index (κ1) is 15.7. The molecule has 0 aliphatic carbocycles. The fourth-order valence-electron chi connectivity index (χ4n) is 1.85. The van der Waals surface area contributed by atoms with Crippen molar-refractivity contribution < 1.29 is 13.2 Å². The predicted octanol–water partition coefficient (Wildman–Crippen LogP) is 3.15. The maximum atomic E-state index is 12.5. The van der Waals surface area contributed by atoms with Crippen LogP contribution in [0.2, 0.25) is 0 Å². The van der Waals surface area contributed by atoms with Crippen LogP contribution >= 0.6 is 15.9 Å². The van der Waals surface area contributed by atoms with Gasteiger partial charge in [0.2, 0.25) is 0 Å². The van der Waals surface area contributed by atoms with Gasteiger partial charge in [0.1, 0.15) is 10.6 Å². The molecule has 0 bridgehead atoms. The van der Waals surface area contributed by atoms with E-state index in [0.717, 1.165) is 10.0 Å². The van der Waals surface area contributed by atoms with Crippen LogP contribution in [0.25, 0.3) is 0 Å². The summed E-state index contributed by atoms with van der Waals surface area (Å²) in [5.74, 6) is 0.206. The van der Waals surface area contributed by atoms with Gasteiger partial charge in [-0.15, -0.1) is 0 Å². The molecule has 0 aliphatic heterocycles. The van der Waals surface area contributed by atoms with E-state index < -0.39 is 10.0 Å². The molecule has 0 fully saturated rings. The molecule has 3 N–H and O–H groups in total. The molecule has 2 aromatic carbocycles. The van der Waals surface area contributed by atoms with Crippen LogP contribution in [0.4, 0.5) is 11.4 Å². The normalized spacial score (nSPS) is 11.2. The number of benzene rings is 2. The highest BCUT2D eigenvalue weighted by Gasteiger charge is 2.20. The number of hydrogen-bond acceptors (Lipinski definition) is 4. The molecular weight excluding hydrogens is 356 g/mol. The van der Waals surface area contributed by atoms with Crippen LogP contribution in [0.3, 0.4) is 0 Å². The molecule has 0 radical (unpaired) electrons. The Morgan fingerprint density at radius 2 is 1.90 bits per heavy atom. The van der Waals surface area contributed by atoms with E-state index in [1.165, 1.54) is 25.3 Å². The second-order valence-corrected chi connectivity index (χ2v) is 7.04. The van der Waals surface area contributed by atoms with Gasteiger partial charge >= 0.3 is 0 Å². The number of halogens is 1. The lowest BCUT2D eigenvalue weighted by atomic mass is 10.2. The third kappa shape index (κ3) is 3.48. The number of ether oxygens (including phenoxy) is 1. The molecule has 0 aliphatic rings. The Balaban J connectivity index is 2.43. The molecule has 2 rings (SSSR count). The average molecular weight is 371 g/mol. The minimum absolute atomic E-state index is 0.0431. The zero-order valence-corrected chi connectivity index (χ0v) is 14.0. The van der Waals surface area contributed by atoms with Gasteiger partial charge in [0.05, 0.1) is 12.8 Å². The smallest absolute Gasteiger partial charge is 0.265 e. The van der Waals surface area contributed by atoms with E-state index in [2.05, 4.69) is 20.7 Å². The summed E-state index contributed by atoms with van der Waals surface area (Å²) in [6.45, 7) is 1.82. The fourth-order valence-corrected chi connectivity index (χ4v) is 3.61. The predicted molar refractivity (Wildman–Crippen MR) is 87.1 cm³/mol. The van der Waals surface area contributed by atoms with E-state index in [9.17, 15) is 8.42 Å². The van der Waals surface area contributed by atoms with Crippen molar-refractivity contribution in [3.63, 3.8) is 0 Å². The van der Waals surface area contributed by atoms with Crippen molar-refractivity contribution in [2.45, 2.75) is 11.8 Å². The van der Waals surface area contributed by atoms with Crippen molar-refractivity contribution >= 4 is 37.3 Å². The summed E-state index contributed by atoms with van der Waals surface area (Å²) in [5.41, 5.74) is 7.39. The van der Waals surface area contributed by atoms with Crippen LogP contribution in [0.15, 0.2) is 45.8 Å². The number of nitrogens with one attached hydrogen (secondary N) is 1. The lowest BCUT2D eigenvalue weighted by Crippen LogP contribution is -2.15. The summed E-state index contributed by atoms with van der Waals surface area (Å²) in [6, 6.07) is 9.71. The summed E-state index contributed by atoms with van der Waals surface area (Å²) >= 11 is 3.34. The monoisotopic (exact) mass is 370 g/mol. The standard InChI is InChI=1S/C14H15BrN2O3S/c1-9-7-10(15)3-5-12(9)17-21(18,19)14-6-4-11(16)8-13(14)20-2/h3-8,17H,16H2,1-2H3. The maximum Gasteiger partial charge on any atom is 0.265 e. The Labute approximate surface area is 132 Å². The summed E-state index contributed by atoms with van der Waals surface area (Å²) in [6.07, 6.45) is 0. The summed E-state index contributed by atoms with van der Waals surface area (Å²) in [5, 5.41) is 0. The molecule has 2 aromatic rings. The molecule has 0 unspecified atom stereocenters. The Morgan fingerprint density at radius 3 is 2.52 bits per heavy atom. The fraction of sp³-hybridized carbons (Fsp3) is 0.143. The lowest BCUT2D eigenvalue weighted by Gasteiger charge is -2.13. The highest BCUT2D eigenvalue weighted by molar-refractivity contribution is 9.10. The molecule has 112 valence electrons. The number of nitrogens with two attached hydrogens (primary N) is 1. The van der Waals surface area contributed by atoms with E-state index >= 15 is 0 Å². The van der Waals surface area contributed by atoms with Crippen LogP contribution in [-0.2, 0) is 10.0 Å². The summed E-state index contributed by atoms with van der Waals surface area (Å²) in [7, 11) is -2.35. The topological polar surface area (TPSA) is 81.4 Å². The van der Waals surface area contributed by atoms with Gasteiger partial charge in [0.15, 0.2) is 0 Å². The Morgan fingerprint density at radius 1 is 1.19 bits per heavy atom. The number of aryl methyl sites for hydroxylation is 1. The van der Waals surface area contributed by atoms with Crippen LogP contribution in [0, 0.1) is 6.92 Å². The number of anilines is 2. The van der Waals surface area contributed by atoms with E-state index in [-0.39, 0.29) is 10.6 Å². The second-order valence-electron chi connectivity index (χ2n) is 4.48. The van der Waals surface area contributed by atoms with Gasteiger partial charge < -0.3 is 10.5 Å². The van der Waals surface area contributed by atoms with Gasteiger partial charge in [0.25, 0.3) is 10.0 Å². The van der Waals surface area contributed by atoms with Gasteiger partial charge in [-0.2, -0.15) is 0 Å².